The molecule has 6 nitrogen and oxygen atoms in total. The van der Waals surface area contributed by atoms with Gasteiger partial charge in [0.15, 0.2) is 5.82 Å². The number of carbonyl (C=O) groups is 1. The first-order valence-corrected chi connectivity index (χ1v) is 8.31. The van der Waals surface area contributed by atoms with Crippen molar-refractivity contribution in [2.24, 2.45) is 13.0 Å². The summed E-state index contributed by atoms with van der Waals surface area (Å²) in [7, 11) is 1.87. The summed E-state index contributed by atoms with van der Waals surface area (Å²) in [6, 6.07) is 0. The fourth-order valence-electron chi connectivity index (χ4n) is 3.41. The van der Waals surface area contributed by atoms with E-state index in [0.717, 1.165) is 58.8 Å². The van der Waals surface area contributed by atoms with Crippen LogP contribution in [0.5, 0.6) is 0 Å². The minimum absolute atomic E-state index is 0.0690. The molecule has 0 aliphatic carbocycles. The van der Waals surface area contributed by atoms with Crippen LogP contribution in [0.2, 0.25) is 0 Å². The molecule has 2 aliphatic heterocycles. The van der Waals surface area contributed by atoms with Crippen molar-refractivity contribution in [3.63, 3.8) is 0 Å². The summed E-state index contributed by atoms with van der Waals surface area (Å²) in [6.45, 7) is 6.66. The van der Waals surface area contributed by atoms with Crippen LogP contribution in [-0.4, -0.2) is 71.2 Å². The topological polar surface area (TPSA) is 50.6 Å². The number of imidazole rings is 1. The Bertz CT molecular complexity index is 496. The van der Waals surface area contributed by atoms with Crippen LogP contribution in [0.15, 0.2) is 12.4 Å². The first kappa shape index (κ1) is 15.5. The Kier molecular flexibility index (Phi) is 5.10. The van der Waals surface area contributed by atoms with Crippen LogP contribution in [-0.2, 0) is 11.8 Å². The Hall–Kier alpha value is -1.40. The van der Waals surface area contributed by atoms with Gasteiger partial charge in [-0.25, -0.2) is 4.98 Å². The lowest BCUT2D eigenvalue weighted by molar-refractivity contribution is 0.0296. The highest BCUT2D eigenvalue weighted by atomic mass is 16.5. The average Bonchev–Trinajstić information content (AvgIpc) is 2.82. The largest absolute Gasteiger partial charge is 0.379 e. The molecule has 6 heteroatoms. The summed E-state index contributed by atoms with van der Waals surface area (Å²) in [5.41, 5.74) is 0. The van der Waals surface area contributed by atoms with E-state index < -0.39 is 0 Å². The van der Waals surface area contributed by atoms with Gasteiger partial charge in [-0.1, -0.05) is 0 Å². The monoisotopic (exact) mass is 306 g/mol. The van der Waals surface area contributed by atoms with Gasteiger partial charge in [0.1, 0.15) is 0 Å². The fraction of sp³-hybridized carbons (Fsp3) is 0.750. The van der Waals surface area contributed by atoms with Gasteiger partial charge < -0.3 is 14.2 Å². The molecule has 0 N–H and O–H groups in total. The van der Waals surface area contributed by atoms with Crippen molar-refractivity contribution in [2.75, 3.05) is 45.9 Å². The van der Waals surface area contributed by atoms with Gasteiger partial charge in [-0.2, -0.15) is 0 Å². The number of carbonyl (C=O) groups excluding carboxylic acids is 1. The molecule has 1 aromatic rings. The van der Waals surface area contributed by atoms with Crippen molar-refractivity contribution in [2.45, 2.75) is 19.3 Å². The smallest absolute Gasteiger partial charge is 0.289 e. The Labute approximate surface area is 132 Å². The molecule has 0 bridgehead atoms. The zero-order valence-corrected chi connectivity index (χ0v) is 13.4. The fourth-order valence-corrected chi connectivity index (χ4v) is 3.41. The van der Waals surface area contributed by atoms with Crippen LogP contribution in [0.3, 0.4) is 0 Å². The van der Waals surface area contributed by atoms with E-state index >= 15 is 0 Å². The lowest BCUT2D eigenvalue weighted by Gasteiger charge is -2.30. The van der Waals surface area contributed by atoms with E-state index in [2.05, 4.69) is 9.88 Å². The molecule has 0 saturated carbocycles. The summed E-state index contributed by atoms with van der Waals surface area (Å²) >= 11 is 0. The normalized spacial score (nSPS) is 24.2. The second kappa shape index (κ2) is 7.24. The molecule has 2 saturated heterocycles. The van der Waals surface area contributed by atoms with Crippen LogP contribution in [0, 0.1) is 5.92 Å². The van der Waals surface area contributed by atoms with Crippen LogP contribution in [0.25, 0.3) is 0 Å². The zero-order valence-electron chi connectivity index (χ0n) is 13.4. The minimum Gasteiger partial charge on any atom is -0.379 e. The summed E-state index contributed by atoms with van der Waals surface area (Å²) in [5, 5.41) is 0. The molecule has 0 spiro atoms. The predicted molar refractivity (Wildman–Crippen MR) is 83.7 cm³/mol. The highest BCUT2D eigenvalue weighted by molar-refractivity contribution is 5.90. The molecule has 1 atom stereocenters. The van der Waals surface area contributed by atoms with Crippen molar-refractivity contribution in [1.29, 1.82) is 0 Å². The van der Waals surface area contributed by atoms with Gasteiger partial charge in [0.05, 0.1) is 13.2 Å². The average molecular weight is 306 g/mol. The number of aromatic nitrogens is 2. The Morgan fingerprint density at radius 3 is 2.82 bits per heavy atom. The molecule has 2 fully saturated rings. The van der Waals surface area contributed by atoms with Crippen molar-refractivity contribution in [3.8, 4) is 0 Å². The van der Waals surface area contributed by atoms with E-state index in [9.17, 15) is 4.79 Å². The number of morpholine rings is 1. The molecule has 122 valence electrons. The molecule has 2 aliphatic rings. The van der Waals surface area contributed by atoms with Gasteiger partial charge in [0, 0.05) is 52.2 Å². The summed E-state index contributed by atoms with van der Waals surface area (Å²) in [6.07, 6.45) is 6.90. The highest BCUT2D eigenvalue weighted by Gasteiger charge is 2.25. The van der Waals surface area contributed by atoms with E-state index in [1.54, 1.807) is 10.8 Å². The lowest BCUT2D eigenvalue weighted by atomic mass is 10.00. The molecule has 3 rings (SSSR count). The molecular weight excluding hydrogens is 280 g/mol. The highest BCUT2D eigenvalue weighted by Crippen LogP contribution is 2.20. The SMILES string of the molecule is Cn1ccnc1C(=O)N1CCCC(CN2CCOCC2)CC1. The third-order valence-electron chi connectivity index (χ3n) is 4.77. The second-order valence-corrected chi connectivity index (χ2v) is 6.36. The number of nitrogens with zero attached hydrogens (tertiary/aromatic N) is 4. The first-order valence-electron chi connectivity index (χ1n) is 8.31. The number of likely N-dealkylation sites (tertiary alicyclic amines) is 1. The maximum atomic E-state index is 12.5. The van der Waals surface area contributed by atoms with Crippen LogP contribution < -0.4 is 0 Å². The molecule has 1 unspecified atom stereocenters. The summed E-state index contributed by atoms with van der Waals surface area (Å²) in [5.74, 6) is 1.31. The van der Waals surface area contributed by atoms with E-state index in [1.807, 2.05) is 18.1 Å². The van der Waals surface area contributed by atoms with Crippen molar-refractivity contribution in [1.82, 2.24) is 19.4 Å². The van der Waals surface area contributed by atoms with E-state index in [0.29, 0.717) is 11.7 Å². The lowest BCUT2D eigenvalue weighted by Crippen LogP contribution is -2.39. The van der Waals surface area contributed by atoms with Crippen molar-refractivity contribution >= 4 is 5.91 Å². The second-order valence-electron chi connectivity index (χ2n) is 6.36. The number of aryl methyl sites for hydroxylation is 1. The van der Waals surface area contributed by atoms with Crippen molar-refractivity contribution in [3.05, 3.63) is 18.2 Å². The number of amides is 1. The van der Waals surface area contributed by atoms with Crippen LogP contribution in [0.4, 0.5) is 0 Å². The first-order chi connectivity index (χ1) is 10.7. The quantitative estimate of drug-likeness (QED) is 0.836. The predicted octanol–water partition coefficient (Wildman–Crippen LogP) is 0.995. The molecule has 0 aromatic carbocycles. The van der Waals surface area contributed by atoms with E-state index in [-0.39, 0.29) is 5.91 Å². The van der Waals surface area contributed by atoms with Crippen LogP contribution in [0.1, 0.15) is 29.9 Å². The number of hydrogen-bond donors (Lipinski definition) is 0. The molecule has 0 radical (unpaired) electrons. The molecule has 22 heavy (non-hydrogen) atoms. The Balaban J connectivity index is 1.53. The molecule has 3 heterocycles. The maximum absolute atomic E-state index is 12.5. The van der Waals surface area contributed by atoms with Gasteiger partial charge in [-0.05, 0) is 25.2 Å². The summed E-state index contributed by atoms with van der Waals surface area (Å²) in [4.78, 5) is 21.2. The molecule has 1 aromatic heterocycles. The molecular formula is C16H26N4O2. The van der Waals surface area contributed by atoms with Gasteiger partial charge in [0.2, 0.25) is 0 Å². The number of hydrogen-bond acceptors (Lipinski definition) is 4. The zero-order chi connectivity index (χ0) is 15.4. The third-order valence-corrected chi connectivity index (χ3v) is 4.77. The van der Waals surface area contributed by atoms with Gasteiger partial charge in [-0.3, -0.25) is 9.69 Å². The van der Waals surface area contributed by atoms with Crippen molar-refractivity contribution < 1.29 is 9.53 Å². The minimum atomic E-state index is 0.0690. The Morgan fingerprint density at radius 2 is 2.09 bits per heavy atom. The Morgan fingerprint density at radius 1 is 1.27 bits per heavy atom. The van der Waals surface area contributed by atoms with Gasteiger partial charge in [0.25, 0.3) is 5.91 Å². The van der Waals surface area contributed by atoms with Gasteiger partial charge in [-0.15, -0.1) is 0 Å². The van der Waals surface area contributed by atoms with E-state index in [4.69, 9.17) is 4.74 Å². The van der Waals surface area contributed by atoms with E-state index in [1.165, 1.54) is 6.42 Å². The summed E-state index contributed by atoms with van der Waals surface area (Å²) < 4.78 is 7.21. The van der Waals surface area contributed by atoms with Gasteiger partial charge >= 0.3 is 0 Å². The number of rotatable bonds is 3. The number of ether oxygens (including phenoxy) is 1. The third kappa shape index (κ3) is 3.67. The standard InChI is InChI=1S/C16H26N4O2/c1-18-8-5-17-15(18)16(21)20-6-2-3-14(4-7-20)13-19-9-11-22-12-10-19/h5,8,14H,2-4,6-7,9-13H2,1H3. The molecule has 1 amide bonds. The van der Waals surface area contributed by atoms with Crippen LogP contribution >= 0.6 is 0 Å². The maximum Gasteiger partial charge on any atom is 0.289 e.